The van der Waals surface area contributed by atoms with Crippen molar-refractivity contribution in [2.75, 3.05) is 10.6 Å². The molecule has 0 aliphatic heterocycles. The van der Waals surface area contributed by atoms with Crippen LogP contribution in [0.25, 0.3) is 0 Å². The SMILES string of the molecule is Cc1ccc(NC(=O)c2ccccc2NC(=O)c2ccc(OC(C)C)c(Br)c2)cc1C. The van der Waals surface area contributed by atoms with E-state index in [0.29, 0.717) is 32.7 Å². The van der Waals surface area contributed by atoms with Crippen LogP contribution < -0.4 is 15.4 Å². The van der Waals surface area contributed by atoms with Gasteiger partial charge in [-0.05, 0) is 97.2 Å². The van der Waals surface area contributed by atoms with Crippen LogP contribution in [0.1, 0.15) is 45.7 Å². The highest BCUT2D eigenvalue weighted by atomic mass is 79.9. The smallest absolute Gasteiger partial charge is 0.257 e. The van der Waals surface area contributed by atoms with Crippen LogP contribution in [0.5, 0.6) is 5.75 Å². The van der Waals surface area contributed by atoms with Crippen LogP contribution >= 0.6 is 15.9 Å². The molecule has 0 bridgehead atoms. The first-order chi connectivity index (χ1) is 14.7. The second-order valence-electron chi connectivity index (χ2n) is 7.56. The highest BCUT2D eigenvalue weighted by molar-refractivity contribution is 9.10. The topological polar surface area (TPSA) is 67.4 Å². The molecule has 31 heavy (non-hydrogen) atoms. The molecule has 0 heterocycles. The Morgan fingerprint density at radius 3 is 2.29 bits per heavy atom. The van der Waals surface area contributed by atoms with Crippen molar-refractivity contribution in [3.05, 3.63) is 87.4 Å². The van der Waals surface area contributed by atoms with Gasteiger partial charge in [0.1, 0.15) is 5.75 Å². The van der Waals surface area contributed by atoms with Crippen LogP contribution in [0.4, 0.5) is 11.4 Å². The van der Waals surface area contributed by atoms with E-state index in [1.807, 2.05) is 45.9 Å². The summed E-state index contributed by atoms with van der Waals surface area (Å²) in [7, 11) is 0. The van der Waals surface area contributed by atoms with Crippen molar-refractivity contribution in [2.24, 2.45) is 0 Å². The van der Waals surface area contributed by atoms with E-state index < -0.39 is 0 Å². The van der Waals surface area contributed by atoms with Crippen molar-refractivity contribution in [2.45, 2.75) is 33.8 Å². The first-order valence-electron chi connectivity index (χ1n) is 10.00. The number of para-hydroxylation sites is 1. The molecule has 0 aliphatic carbocycles. The molecule has 3 aromatic carbocycles. The molecule has 0 aliphatic rings. The Kier molecular flexibility index (Phi) is 7.13. The van der Waals surface area contributed by atoms with Gasteiger partial charge in [-0.25, -0.2) is 0 Å². The van der Waals surface area contributed by atoms with Gasteiger partial charge in [0.25, 0.3) is 11.8 Å². The number of benzene rings is 3. The van der Waals surface area contributed by atoms with Crippen molar-refractivity contribution in [3.63, 3.8) is 0 Å². The predicted molar refractivity (Wildman–Crippen MR) is 128 cm³/mol. The van der Waals surface area contributed by atoms with E-state index in [2.05, 4.69) is 26.6 Å². The Morgan fingerprint density at radius 2 is 1.61 bits per heavy atom. The van der Waals surface area contributed by atoms with E-state index in [9.17, 15) is 9.59 Å². The van der Waals surface area contributed by atoms with Gasteiger partial charge >= 0.3 is 0 Å². The lowest BCUT2D eigenvalue weighted by molar-refractivity contribution is 0.102. The number of carbonyl (C=O) groups excluding carboxylic acids is 2. The van der Waals surface area contributed by atoms with E-state index in [4.69, 9.17) is 4.74 Å². The predicted octanol–water partition coefficient (Wildman–Crippen LogP) is 6.36. The maximum Gasteiger partial charge on any atom is 0.257 e. The monoisotopic (exact) mass is 480 g/mol. The number of ether oxygens (including phenoxy) is 1. The summed E-state index contributed by atoms with van der Waals surface area (Å²) in [6.07, 6.45) is 0.0266. The summed E-state index contributed by atoms with van der Waals surface area (Å²) in [5.41, 5.74) is 4.23. The second-order valence-corrected chi connectivity index (χ2v) is 8.42. The summed E-state index contributed by atoms with van der Waals surface area (Å²) < 4.78 is 6.38. The zero-order chi connectivity index (χ0) is 22.5. The summed E-state index contributed by atoms with van der Waals surface area (Å²) in [5, 5.41) is 5.74. The number of anilines is 2. The van der Waals surface area contributed by atoms with Gasteiger partial charge < -0.3 is 15.4 Å². The van der Waals surface area contributed by atoms with Gasteiger partial charge in [-0.3, -0.25) is 9.59 Å². The Balaban J connectivity index is 1.78. The van der Waals surface area contributed by atoms with Crippen LogP contribution in [0.15, 0.2) is 65.1 Å². The summed E-state index contributed by atoms with van der Waals surface area (Å²) in [6.45, 7) is 7.89. The summed E-state index contributed by atoms with van der Waals surface area (Å²) in [6, 6.07) is 17.8. The molecule has 0 unspecified atom stereocenters. The van der Waals surface area contributed by atoms with Crippen LogP contribution in [0, 0.1) is 13.8 Å². The molecule has 5 nitrogen and oxygen atoms in total. The summed E-state index contributed by atoms with van der Waals surface area (Å²) in [5.74, 6) is 0.0592. The Labute approximate surface area is 191 Å². The number of halogens is 1. The highest BCUT2D eigenvalue weighted by Crippen LogP contribution is 2.28. The largest absolute Gasteiger partial charge is 0.490 e. The number of hydrogen-bond donors (Lipinski definition) is 2. The molecule has 6 heteroatoms. The molecule has 0 spiro atoms. The van der Waals surface area contributed by atoms with Gasteiger partial charge in [0.2, 0.25) is 0 Å². The van der Waals surface area contributed by atoms with E-state index in [0.717, 1.165) is 11.1 Å². The van der Waals surface area contributed by atoms with Crippen molar-refractivity contribution >= 4 is 39.1 Å². The zero-order valence-electron chi connectivity index (χ0n) is 18.0. The Morgan fingerprint density at radius 1 is 0.871 bits per heavy atom. The minimum Gasteiger partial charge on any atom is -0.490 e. The maximum absolute atomic E-state index is 12.9. The average Bonchev–Trinajstić information content (AvgIpc) is 2.72. The third kappa shape index (κ3) is 5.73. The fraction of sp³-hybridized carbons (Fsp3) is 0.200. The molecule has 0 saturated heterocycles. The molecule has 3 aromatic rings. The Bertz CT molecular complexity index is 1130. The maximum atomic E-state index is 12.9. The van der Waals surface area contributed by atoms with Crippen LogP contribution in [0.2, 0.25) is 0 Å². The lowest BCUT2D eigenvalue weighted by atomic mass is 10.1. The first-order valence-corrected chi connectivity index (χ1v) is 10.8. The third-order valence-electron chi connectivity index (χ3n) is 4.74. The minimum absolute atomic E-state index is 0.0266. The van der Waals surface area contributed by atoms with Crippen LogP contribution in [-0.4, -0.2) is 17.9 Å². The molecule has 0 atom stereocenters. The first kappa shape index (κ1) is 22.6. The number of hydrogen-bond acceptors (Lipinski definition) is 3. The number of amides is 2. The van der Waals surface area contributed by atoms with Crippen LogP contribution in [0.3, 0.4) is 0 Å². The van der Waals surface area contributed by atoms with Gasteiger partial charge in [0.15, 0.2) is 0 Å². The molecule has 0 fully saturated rings. The minimum atomic E-state index is -0.316. The Hall–Kier alpha value is -3.12. The molecule has 0 aromatic heterocycles. The van der Waals surface area contributed by atoms with Gasteiger partial charge in [-0.15, -0.1) is 0 Å². The van der Waals surface area contributed by atoms with Crippen molar-refractivity contribution in [1.29, 1.82) is 0 Å². The standard InChI is InChI=1S/C25H25BrN2O3/c1-15(2)31-23-12-10-18(14-21(23)26)24(29)28-22-8-6-5-7-20(22)25(30)27-19-11-9-16(3)17(4)13-19/h5-15H,1-4H3,(H,27,30)(H,28,29). The normalized spacial score (nSPS) is 10.6. The van der Waals surface area contributed by atoms with Gasteiger partial charge in [-0.2, -0.15) is 0 Å². The van der Waals surface area contributed by atoms with E-state index in [1.54, 1.807) is 42.5 Å². The molecule has 0 radical (unpaired) electrons. The fourth-order valence-corrected chi connectivity index (χ4v) is 3.47. The third-order valence-corrected chi connectivity index (χ3v) is 5.36. The van der Waals surface area contributed by atoms with Crippen molar-refractivity contribution < 1.29 is 14.3 Å². The molecular weight excluding hydrogens is 456 g/mol. The molecular formula is C25H25BrN2O3. The second kappa shape index (κ2) is 9.79. The van der Waals surface area contributed by atoms with Gasteiger partial charge in [-0.1, -0.05) is 18.2 Å². The molecule has 2 amide bonds. The lowest BCUT2D eigenvalue weighted by Crippen LogP contribution is -2.18. The summed E-state index contributed by atoms with van der Waals surface area (Å²) >= 11 is 3.45. The number of carbonyl (C=O) groups is 2. The average molecular weight is 481 g/mol. The number of rotatable bonds is 6. The molecule has 0 saturated carbocycles. The van der Waals surface area contributed by atoms with Gasteiger partial charge in [0.05, 0.1) is 21.8 Å². The van der Waals surface area contributed by atoms with Crippen LogP contribution in [-0.2, 0) is 0 Å². The van der Waals surface area contributed by atoms with E-state index in [1.165, 1.54) is 0 Å². The number of nitrogens with one attached hydrogen (secondary N) is 2. The molecule has 3 rings (SSSR count). The quantitative estimate of drug-likeness (QED) is 0.431. The van der Waals surface area contributed by atoms with Gasteiger partial charge in [0, 0.05) is 11.3 Å². The molecule has 2 N–H and O–H groups in total. The van der Waals surface area contributed by atoms with E-state index >= 15 is 0 Å². The van der Waals surface area contributed by atoms with Crippen molar-refractivity contribution in [3.8, 4) is 5.75 Å². The highest BCUT2D eigenvalue weighted by Gasteiger charge is 2.16. The number of aryl methyl sites for hydroxylation is 2. The lowest BCUT2D eigenvalue weighted by Gasteiger charge is -2.14. The zero-order valence-corrected chi connectivity index (χ0v) is 19.5. The summed E-state index contributed by atoms with van der Waals surface area (Å²) in [4.78, 5) is 25.7. The van der Waals surface area contributed by atoms with E-state index in [-0.39, 0.29) is 17.9 Å². The molecule has 160 valence electrons. The van der Waals surface area contributed by atoms with Crippen molar-refractivity contribution in [1.82, 2.24) is 0 Å². The fourth-order valence-electron chi connectivity index (χ4n) is 2.99.